The molecule has 0 radical (unpaired) electrons. The van der Waals surface area contributed by atoms with Gasteiger partial charge in [-0.1, -0.05) is 19.9 Å². The molecule has 0 aliphatic carbocycles. The largest absolute Gasteiger partial charge is 0.321 e. The summed E-state index contributed by atoms with van der Waals surface area (Å²) >= 11 is 0. The minimum atomic E-state index is -3.71. The monoisotopic (exact) mass is 484 g/mol. The van der Waals surface area contributed by atoms with Gasteiger partial charge in [-0.3, -0.25) is 9.59 Å². The Bertz CT molecular complexity index is 1160. The Morgan fingerprint density at radius 1 is 1.25 bits per heavy atom. The van der Waals surface area contributed by atoms with Gasteiger partial charge < -0.3 is 5.32 Å². The predicted molar refractivity (Wildman–Crippen MR) is 120 cm³/mol. The van der Waals surface area contributed by atoms with E-state index >= 15 is 0 Å². The van der Waals surface area contributed by atoms with Crippen LogP contribution in [-0.2, 0) is 29.4 Å². The molecule has 2 heterocycles. The summed E-state index contributed by atoms with van der Waals surface area (Å²) in [4.78, 5) is 25.2. The summed E-state index contributed by atoms with van der Waals surface area (Å²) in [6.07, 6.45) is 0.465. The van der Waals surface area contributed by atoms with Gasteiger partial charge in [0, 0.05) is 31.6 Å². The summed E-state index contributed by atoms with van der Waals surface area (Å²) < 4.78 is 50.7. The Labute approximate surface area is 188 Å². The standard InChI is InChI=1S/C20H28N4O6S2/c1-4-23(5-2)32(29,30)18-12-15(7-6-14(18)3)21-20(26)17-8-9-19(25)24(22-17)16-10-11-31(27,28)13-16/h6-7,12,16H,4-5,8-11,13H2,1-3H3,(H,21,26)/t16-/m0/s1. The van der Waals surface area contributed by atoms with Crippen LogP contribution in [0.25, 0.3) is 0 Å². The van der Waals surface area contributed by atoms with Crippen LogP contribution in [0.3, 0.4) is 0 Å². The molecule has 1 aromatic carbocycles. The molecule has 1 saturated heterocycles. The lowest BCUT2D eigenvalue weighted by Gasteiger charge is -2.27. The summed E-state index contributed by atoms with van der Waals surface area (Å²) in [6.45, 7) is 5.85. The molecule has 1 N–H and O–H groups in total. The molecule has 10 nitrogen and oxygen atoms in total. The van der Waals surface area contributed by atoms with E-state index in [-0.39, 0.29) is 47.3 Å². The number of nitrogens with zero attached hydrogens (tertiary/aromatic N) is 3. The second-order valence-electron chi connectivity index (χ2n) is 7.87. The van der Waals surface area contributed by atoms with Crippen molar-refractivity contribution in [1.82, 2.24) is 9.31 Å². The summed E-state index contributed by atoms with van der Waals surface area (Å²) in [7, 11) is -6.92. The minimum Gasteiger partial charge on any atom is -0.321 e. The number of carbonyl (C=O) groups excluding carboxylic acids is 2. The fourth-order valence-corrected chi connectivity index (χ4v) is 7.25. The zero-order chi connectivity index (χ0) is 23.7. The van der Waals surface area contributed by atoms with Crippen LogP contribution in [0.15, 0.2) is 28.2 Å². The zero-order valence-electron chi connectivity index (χ0n) is 18.4. The van der Waals surface area contributed by atoms with Crippen molar-refractivity contribution >= 4 is 43.1 Å². The Morgan fingerprint density at radius 2 is 1.94 bits per heavy atom. The van der Waals surface area contributed by atoms with Crippen molar-refractivity contribution in [2.24, 2.45) is 5.10 Å². The third-order valence-electron chi connectivity index (χ3n) is 5.65. The number of carbonyl (C=O) groups is 2. The van der Waals surface area contributed by atoms with E-state index in [1.807, 2.05) is 0 Å². The molecule has 32 heavy (non-hydrogen) atoms. The van der Waals surface area contributed by atoms with Gasteiger partial charge in [-0.2, -0.15) is 9.41 Å². The first-order valence-corrected chi connectivity index (χ1v) is 13.8. The zero-order valence-corrected chi connectivity index (χ0v) is 20.0. The fourth-order valence-electron chi connectivity index (χ4n) is 3.85. The average molecular weight is 485 g/mol. The summed E-state index contributed by atoms with van der Waals surface area (Å²) in [5.41, 5.74) is 0.952. The molecule has 0 spiro atoms. The van der Waals surface area contributed by atoms with Gasteiger partial charge in [0.2, 0.25) is 15.9 Å². The number of anilines is 1. The van der Waals surface area contributed by atoms with Gasteiger partial charge in [0.05, 0.1) is 22.4 Å². The van der Waals surface area contributed by atoms with Crippen LogP contribution in [0.1, 0.15) is 38.7 Å². The Hall–Kier alpha value is -2.31. The molecule has 0 aromatic heterocycles. The van der Waals surface area contributed by atoms with Crippen molar-refractivity contribution in [3.63, 3.8) is 0 Å². The second kappa shape index (κ2) is 9.28. The number of nitrogens with one attached hydrogen (secondary N) is 1. The first-order valence-electron chi connectivity index (χ1n) is 10.5. The maximum atomic E-state index is 12.9. The molecule has 0 bridgehead atoms. The molecular weight excluding hydrogens is 456 g/mol. The van der Waals surface area contributed by atoms with Crippen LogP contribution in [0.2, 0.25) is 0 Å². The third-order valence-corrected chi connectivity index (χ3v) is 9.59. The normalized spacial score (nSPS) is 21.0. The van der Waals surface area contributed by atoms with E-state index in [0.29, 0.717) is 24.3 Å². The molecule has 0 unspecified atom stereocenters. The lowest BCUT2D eigenvalue weighted by molar-refractivity contribution is -0.133. The molecule has 2 aliphatic heterocycles. The van der Waals surface area contributed by atoms with Crippen molar-refractivity contribution in [2.45, 2.75) is 51.0 Å². The van der Waals surface area contributed by atoms with Gasteiger partial charge in [0.1, 0.15) is 5.71 Å². The predicted octanol–water partition coefficient (Wildman–Crippen LogP) is 1.13. The van der Waals surface area contributed by atoms with Crippen LogP contribution in [0.5, 0.6) is 0 Å². The van der Waals surface area contributed by atoms with E-state index in [9.17, 15) is 26.4 Å². The number of benzene rings is 1. The molecule has 1 atom stereocenters. The van der Waals surface area contributed by atoms with E-state index in [1.54, 1.807) is 32.9 Å². The van der Waals surface area contributed by atoms with Crippen molar-refractivity contribution in [2.75, 3.05) is 29.9 Å². The highest BCUT2D eigenvalue weighted by molar-refractivity contribution is 7.91. The highest BCUT2D eigenvalue weighted by Gasteiger charge is 2.37. The number of rotatable bonds is 7. The SMILES string of the molecule is CCN(CC)S(=O)(=O)c1cc(NC(=O)C2=NN([C@H]3CCS(=O)(=O)C3)C(=O)CC2)ccc1C. The Balaban J connectivity index is 1.83. The van der Waals surface area contributed by atoms with Crippen LogP contribution >= 0.6 is 0 Å². The fraction of sp³-hybridized carbons (Fsp3) is 0.550. The number of hydrazone groups is 1. The number of aryl methyl sites for hydroxylation is 1. The van der Waals surface area contributed by atoms with Crippen molar-refractivity contribution in [1.29, 1.82) is 0 Å². The Kier molecular flexibility index (Phi) is 7.06. The summed E-state index contributed by atoms with van der Waals surface area (Å²) in [5, 5.41) is 7.93. The first-order chi connectivity index (χ1) is 15.0. The summed E-state index contributed by atoms with van der Waals surface area (Å²) in [5.74, 6) is -1.04. The van der Waals surface area contributed by atoms with E-state index in [4.69, 9.17) is 0 Å². The molecule has 2 amide bonds. The van der Waals surface area contributed by atoms with E-state index in [1.165, 1.54) is 10.4 Å². The lowest BCUT2D eigenvalue weighted by Crippen LogP contribution is -2.42. The molecule has 2 aliphatic rings. The van der Waals surface area contributed by atoms with E-state index in [0.717, 1.165) is 5.01 Å². The van der Waals surface area contributed by atoms with Crippen LogP contribution < -0.4 is 5.32 Å². The smallest absolute Gasteiger partial charge is 0.271 e. The third kappa shape index (κ3) is 5.02. The van der Waals surface area contributed by atoms with E-state index < -0.39 is 31.8 Å². The molecule has 3 rings (SSSR count). The number of hydrogen-bond donors (Lipinski definition) is 1. The van der Waals surface area contributed by atoms with Crippen LogP contribution in [0.4, 0.5) is 5.69 Å². The summed E-state index contributed by atoms with van der Waals surface area (Å²) in [6, 6.07) is 4.07. The van der Waals surface area contributed by atoms with Gasteiger partial charge in [0.15, 0.2) is 9.84 Å². The quantitative estimate of drug-likeness (QED) is 0.617. The van der Waals surface area contributed by atoms with Crippen LogP contribution in [-0.4, -0.2) is 74.3 Å². The highest BCUT2D eigenvalue weighted by Crippen LogP contribution is 2.25. The lowest BCUT2D eigenvalue weighted by atomic mass is 10.1. The molecule has 12 heteroatoms. The van der Waals surface area contributed by atoms with Gasteiger partial charge in [-0.15, -0.1) is 0 Å². The van der Waals surface area contributed by atoms with Crippen molar-refractivity contribution in [3.05, 3.63) is 23.8 Å². The van der Waals surface area contributed by atoms with Gasteiger partial charge >= 0.3 is 0 Å². The second-order valence-corrected chi connectivity index (χ2v) is 12.0. The number of hydrogen-bond acceptors (Lipinski definition) is 7. The minimum absolute atomic E-state index is 0.00828. The van der Waals surface area contributed by atoms with Gasteiger partial charge in [-0.05, 0) is 31.0 Å². The van der Waals surface area contributed by atoms with Crippen molar-refractivity contribution < 1.29 is 26.4 Å². The molecule has 0 saturated carbocycles. The van der Waals surface area contributed by atoms with E-state index in [2.05, 4.69) is 10.4 Å². The average Bonchev–Trinajstić information content (AvgIpc) is 3.09. The molecular formula is C20H28N4O6S2. The van der Waals surface area contributed by atoms with Crippen LogP contribution in [0, 0.1) is 6.92 Å². The molecule has 1 fully saturated rings. The Morgan fingerprint density at radius 3 is 2.53 bits per heavy atom. The number of amides is 2. The number of sulfonamides is 1. The molecule has 1 aromatic rings. The molecule has 176 valence electrons. The highest BCUT2D eigenvalue weighted by atomic mass is 32.2. The number of sulfone groups is 1. The van der Waals surface area contributed by atoms with Crippen molar-refractivity contribution in [3.8, 4) is 0 Å². The van der Waals surface area contributed by atoms with Gasteiger partial charge in [0.25, 0.3) is 5.91 Å². The maximum Gasteiger partial charge on any atom is 0.271 e. The van der Waals surface area contributed by atoms with Gasteiger partial charge in [-0.25, -0.2) is 21.8 Å². The topological polar surface area (TPSA) is 133 Å². The first kappa shape index (κ1) is 24.3. The maximum absolute atomic E-state index is 12.9.